The number of ketones is 1. The van der Waals surface area contributed by atoms with Crippen LogP contribution in [0.3, 0.4) is 0 Å². The molecule has 0 heterocycles. The van der Waals surface area contributed by atoms with E-state index in [-0.39, 0.29) is 11.7 Å². The fourth-order valence-corrected chi connectivity index (χ4v) is 2.39. The minimum absolute atomic E-state index is 0.00857. The first-order chi connectivity index (χ1) is 8.26. The molecule has 0 radical (unpaired) electrons. The van der Waals surface area contributed by atoms with Crippen molar-refractivity contribution in [3.63, 3.8) is 0 Å². The number of nitrogens with zero attached hydrogens (tertiary/aromatic N) is 1. The van der Waals surface area contributed by atoms with E-state index in [2.05, 4.69) is 6.07 Å². The molecule has 3 heteroatoms. The molecule has 88 valence electrons. The minimum Gasteiger partial charge on any atom is -0.496 e. The lowest BCUT2D eigenvalue weighted by atomic mass is 9.80. The van der Waals surface area contributed by atoms with Crippen molar-refractivity contribution in [1.82, 2.24) is 0 Å². The summed E-state index contributed by atoms with van der Waals surface area (Å²) in [7, 11) is 1.63. The number of hydrogen-bond acceptors (Lipinski definition) is 3. The van der Waals surface area contributed by atoms with Crippen molar-refractivity contribution in [2.45, 2.75) is 25.7 Å². The van der Waals surface area contributed by atoms with Crippen molar-refractivity contribution >= 4 is 5.78 Å². The van der Waals surface area contributed by atoms with Crippen molar-refractivity contribution in [3.8, 4) is 11.8 Å². The number of ether oxygens (including phenoxy) is 1. The van der Waals surface area contributed by atoms with Gasteiger partial charge in [0, 0.05) is 24.3 Å². The topological polar surface area (TPSA) is 50.1 Å². The van der Waals surface area contributed by atoms with Crippen LogP contribution in [0.2, 0.25) is 0 Å². The van der Waals surface area contributed by atoms with E-state index in [9.17, 15) is 4.79 Å². The van der Waals surface area contributed by atoms with E-state index in [1.54, 1.807) is 7.11 Å². The molecule has 0 saturated heterocycles. The zero-order chi connectivity index (χ0) is 12.3. The number of carbonyl (C=O) groups is 1. The highest BCUT2D eigenvalue weighted by Crippen LogP contribution is 2.31. The number of methoxy groups -OCH3 is 1. The molecule has 1 aromatic rings. The Labute approximate surface area is 101 Å². The van der Waals surface area contributed by atoms with Crippen LogP contribution in [0, 0.1) is 17.2 Å². The first-order valence-corrected chi connectivity index (χ1v) is 5.80. The van der Waals surface area contributed by atoms with Crippen molar-refractivity contribution < 1.29 is 9.53 Å². The van der Waals surface area contributed by atoms with Gasteiger partial charge < -0.3 is 4.74 Å². The molecule has 0 aliphatic heterocycles. The van der Waals surface area contributed by atoms with Gasteiger partial charge in [-0.2, -0.15) is 5.26 Å². The number of fused-ring (bicyclic) bond motifs is 1. The largest absolute Gasteiger partial charge is 0.496 e. The number of hydrogen-bond donors (Lipinski definition) is 0. The zero-order valence-corrected chi connectivity index (χ0v) is 9.90. The number of nitriles is 1. The molecule has 1 aromatic carbocycles. The van der Waals surface area contributed by atoms with Crippen molar-refractivity contribution in [1.29, 1.82) is 5.26 Å². The molecule has 3 nitrogen and oxygen atoms in total. The fourth-order valence-electron chi connectivity index (χ4n) is 2.39. The summed E-state index contributed by atoms with van der Waals surface area (Å²) in [4.78, 5) is 12.0. The summed E-state index contributed by atoms with van der Waals surface area (Å²) in [5.41, 5.74) is 2.21. The Morgan fingerprint density at radius 3 is 3.06 bits per heavy atom. The monoisotopic (exact) mass is 229 g/mol. The molecule has 1 aliphatic rings. The van der Waals surface area contributed by atoms with Crippen LogP contribution in [0.25, 0.3) is 0 Å². The molecule has 0 N–H and O–H groups in total. The predicted octanol–water partition coefficient (Wildman–Crippen LogP) is 2.28. The minimum atomic E-state index is 0.00857. The second-order valence-electron chi connectivity index (χ2n) is 4.34. The Bertz CT molecular complexity index is 474. The first-order valence-electron chi connectivity index (χ1n) is 5.80. The van der Waals surface area contributed by atoms with Crippen LogP contribution < -0.4 is 4.74 Å². The van der Waals surface area contributed by atoms with Gasteiger partial charge in [0.2, 0.25) is 0 Å². The Hall–Kier alpha value is -1.82. The third-order valence-corrected chi connectivity index (χ3v) is 3.33. The molecule has 0 aromatic heterocycles. The normalized spacial score (nSPS) is 18.4. The highest BCUT2D eigenvalue weighted by Gasteiger charge is 2.27. The molecule has 17 heavy (non-hydrogen) atoms. The molecule has 0 bridgehead atoms. The lowest BCUT2D eigenvalue weighted by Gasteiger charge is -2.24. The van der Waals surface area contributed by atoms with Crippen LogP contribution >= 0.6 is 0 Å². The van der Waals surface area contributed by atoms with E-state index in [1.807, 2.05) is 18.2 Å². The molecular formula is C14H15NO2. The summed E-state index contributed by atoms with van der Waals surface area (Å²) in [6, 6.07) is 7.99. The smallest absolute Gasteiger partial charge is 0.140 e. The maximum absolute atomic E-state index is 12.0. The summed E-state index contributed by atoms with van der Waals surface area (Å²) in [6.07, 6.45) is 2.31. The lowest BCUT2D eigenvalue weighted by molar-refractivity contribution is -0.122. The number of benzene rings is 1. The van der Waals surface area contributed by atoms with Gasteiger partial charge in [-0.1, -0.05) is 12.1 Å². The lowest BCUT2D eigenvalue weighted by Crippen LogP contribution is -2.25. The van der Waals surface area contributed by atoms with Crippen LogP contribution in [0.4, 0.5) is 0 Å². The number of Topliss-reactive ketones (excluding diaryl/α,β-unsaturated/α-hetero) is 1. The average molecular weight is 229 g/mol. The van der Waals surface area contributed by atoms with Crippen LogP contribution in [0.5, 0.6) is 5.75 Å². The predicted molar refractivity (Wildman–Crippen MR) is 63.7 cm³/mol. The highest BCUT2D eigenvalue weighted by atomic mass is 16.5. The van der Waals surface area contributed by atoms with E-state index in [0.717, 1.165) is 17.7 Å². The van der Waals surface area contributed by atoms with Gasteiger partial charge in [-0.25, -0.2) is 0 Å². The molecule has 1 aliphatic carbocycles. The highest BCUT2D eigenvalue weighted by molar-refractivity contribution is 5.86. The van der Waals surface area contributed by atoms with Crippen LogP contribution in [-0.4, -0.2) is 12.9 Å². The van der Waals surface area contributed by atoms with Gasteiger partial charge in [0.15, 0.2) is 0 Å². The SMILES string of the molecule is COc1cccc2c1CC(=O)[C@H](CCC#N)C2. The molecule has 0 unspecified atom stereocenters. The first kappa shape index (κ1) is 11.7. The third kappa shape index (κ3) is 2.31. The molecule has 0 spiro atoms. The number of rotatable bonds is 3. The van der Waals surface area contributed by atoms with E-state index < -0.39 is 0 Å². The zero-order valence-electron chi connectivity index (χ0n) is 9.90. The second-order valence-corrected chi connectivity index (χ2v) is 4.34. The Morgan fingerprint density at radius 2 is 2.35 bits per heavy atom. The van der Waals surface area contributed by atoms with Gasteiger partial charge in [-0.15, -0.1) is 0 Å². The molecule has 0 saturated carbocycles. The van der Waals surface area contributed by atoms with Crippen molar-refractivity contribution in [3.05, 3.63) is 29.3 Å². The van der Waals surface area contributed by atoms with E-state index >= 15 is 0 Å². The quantitative estimate of drug-likeness (QED) is 0.799. The van der Waals surface area contributed by atoms with Crippen LogP contribution in [0.1, 0.15) is 24.0 Å². The molecule has 0 fully saturated rings. The van der Waals surface area contributed by atoms with E-state index in [4.69, 9.17) is 10.00 Å². The Morgan fingerprint density at radius 1 is 1.53 bits per heavy atom. The molecule has 0 amide bonds. The molecule has 1 atom stereocenters. The van der Waals surface area contributed by atoms with Gasteiger partial charge in [0.25, 0.3) is 0 Å². The summed E-state index contributed by atoms with van der Waals surface area (Å²) >= 11 is 0. The molecule has 2 rings (SSSR count). The fraction of sp³-hybridized carbons (Fsp3) is 0.429. The average Bonchev–Trinajstić information content (AvgIpc) is 2.35. The van der Waals surface area contributed by atoms with Crippen molar-refractivity contribution in [2.24, 2.45) is 5.92 Å². The van der Waals surface area contributed by atoms with Gasteiger partial charge in [-0.05, 0) is 24.5 Å². The third-order valence-electron chi connectivity index (χ3n) is 3.33. The van der Waals surface area contributed by atoms with Crippen molar-refractivity contribution in [2.75, 3.05) is 7.11 Å². The van der Waals surface area contributed by atoms with E-state index in [0.29, 0.717) is 19.3 Å². The number of carbonyl (C=O) groups excluding carboxylic acids is 1. The van der Waals surface area contributed by atoms with Crippen LogP contribution in [-0.2, 0) is 17.6 Å². The maximum Gasteiger partial charge on any atom is 0.140 e. The van der Waals surface area contributed by atoms with E-state index in [1.165, 1.54) is 5.56 Å². The summed E-state index contributed by atoms with van der Waals surface area (Å²) in [5.74, 6) is 1.04. The standard InChI is InChI=1S/C14H15NO2/c1-17-14-6-2-4-10-8-11(5-3-7-15)13(16)9-12(10)14/h2,4,6,11H,3,5,8-9H2,1H3/t11-/m1/s1. The Balaban J connectivity index is 2.24. The van der Waals surface area contributed by atoms with Gasteiger partial charge in [0.05, 0.1) is 13.2 Å². The maximum atomic E-state index is 12.0. The van der Waals surface area contributed by atoms with Gasteiger partial charge in [0.1, 0.15) is 11.5 Å². The summed E-state index contributed by atoms with van der Waals surface area (Å²) in [5, 5.41) is 8.58. The summed E-state index contributed by atoms with van der Waals surface area (Å²) in [6.45, 7) is 0. The van der Waals surface area contributed by atoms with Crippen LogP contribution in [0.15, 0.2) is 18.2 Å². The molecular weight excluding hydrogens is 214 g/mol. The van der Waals surface area contributed by atoms with Gasteiger partial charge >= 0.3 is 0 Å². The Kier molecular flexibility index (Phi) is 3.43. The summed E-state index contributed by atoms with van der Waals surface area (Å²) < 4.78 is 5.27. The second kappa shape index (κ2) is 5.01. The van der Waals surface area contributed by atoms with Gasteiger partial charge in [-0.3, -0.25) is 4.79 Å².